The van der Waals surface area contributed by atoms with Crippen molar-refractivity contribution in [1.29, 1.82) is 0 Å². The molecule has 0 saturated heterocycles. The number of rotatable bonds is 5. The van der Waals surface area contributed by atoms with Crippen LogP contribution in [0.15, 0.2) is 59.5 Å². The van der Waals surface area contributed by atoms with E-state index in [0.717, 1.165) is 23.2 Å². The molecule has 1 saturated carbocycles. The van der Waals surface area contributed by atoms with Gasteiger partial charge in [-0.1, -0.05) is 17.7 Å². The zero-order chi connectivity index (χ0) is 21.5. The van der Waals surface area contributed by atoms with Crippen molar-refractivity contribution in [3.05, 3.63) is 81.6 Å². The van der Waals surface area contributed by atoms with Gasteiger partial charge in [-0.15, -0.1) is 0 Å². The van der Waals surface area contributed by atoms with Gasteiger partial charge < -0.3 is 5.32 Å². The summed E-state index contributed by atoms with van der Waals surface area (Å²) < 4.78 is 16.0. The first kappa shape index (κ1) is 19.4. The van der Waals surface area contributed by atoms with Crippen LogP contribution in [-0.2, 0) is 11.3 Å². The van der Waals surface area contributed by atoms with Gasteiger partial charge in [0, 0.05) is 22.0 Å². The molecule has 0 aliphatic heterocycles. The van der Waals surface area contributed by atoms with Crippen LogP contribution in [0.2, 0.25) is 5.02 Å². The van der Waals surface area contributed by atoms with Gasteiger partial charge in [0.05, 0.1) is 17.6 Å². The zero-order valence-electron chi connectivity index (χ0n) is 16.3. The quantitative estimate of drug-likeness (QED) is 0.513. The first-order valence-corrected chi connectivity index (χ1v) is 10.2. The predicted molar refractivity (Wildman–Crippen MR) is 115 cm³/mol. The summed E-state index contributed by atoms with van der Waals surface area (Å²) in [6.45, 7) is -0.254. The van der Waals surface area contributed by atoms with Gasteiger partial charge in [-0.2, -0.15) is 10.2 Å². The fourth-order valence-electron chi connectivity index (χ4n) is 3.54. The Labute approximate surface area is 181 Å². The molecule has 31 heavy (non-hydrogen) atoms. The Hall–Kier alpha value is -3.52. The molecule has 0 spiro atoms. The SMILES string of the molecule is O=C(Cn1nc(C2CC2)c2cnn(-c3ccc(F)cc3)c2c1=O)Nc1cccc(Cl)c1. The Bertz CT molecular complexity index is 1360. The molecule has 2 aromatic carbocycles. The second kappa shape index (κ2) is 7.63. The van der Waals surface area contributed by atoms with Crippen molar-refractivity contribution in [2.75, 3.05) is 5.32 Å². The second-order valence-electron chi connectivity index (χ2n) is 7.48. The van der Waals surface area contributed by atoms with Crippen LogP contribution < -0.4 is 10.9 Å². The standard InChI is InChI=1S/C22H17ClFN5O2/c23-14-2-1-3-16(10-14)26-19(30)12-28-22(31)21-18(20(27-28)13-4-5-13)11-25-29(21)17-8-6-15(24)7-9-17/h1-3,6-11,13H,4-5,12H2,(H,26,30). The van der Waals surface area contributed by atoms with Crippen molar-refractivity contribution in [3.63, 3.8) is 0 Å². The number of aromatic nitrogens is 4. The maximum absolute atomic E-state index is 13.4. The molecule has 0 unspecified atom stereocenters. The van der Waals surface area contributed by atoms with Gasteiger partial charge in [0.2, 0.25) is 5.91 Å². The highest BCUT2D eigenvalue weighted by Gasteiger charge is 2.30. The molecule has 2 heterocycles. The highest BCUT2D eigenvalue weighted by molar-refractivity contribution is 6.30. The number of carbonyl (C=O) groups is 1. The van der Waals surface area contributed by atoms with Gasteiger partial charge in [0.1, 0.15) is 17.9 Å². The largest absolute Gasteiger partial charge is 0.324 e. The van der Waals surface area contributed by atoms with E-state index in [2.05, 4.69) is 15.5 Å². The molecular formula is C22H17ClFN5O2. The number of hydrogen-bond donors (Lipinski definition) is 1. The number of amides is 1. The fraction of sp³-hybridized carbons (Fsp3) is 0.182. The summed E-state index contributed by atoms with van der Waals surface area (Å²) in [5.74, 6) is -0.544. The van der Waals surface area contributed by atoms with Gasteiger partial charge in [-0.25, -0.2) is 13.8 Å². The lowest BCUT2D eigenvalue weighted by atomic mass is 10.2. The molecule has 1 amide bonds. The average Bonchev–Trinajstić information content (AvgIpc) is 3.49. The highest BCUT2D eigenvalue weighted by atomic mass is 35.5. The Kier molecular flexibility index (Phi) is 4.78. The van der Waals surface area contributed by atoms with Crippen LogP contribution in [0.1, 0.15) is 24.5 Å². The topological polar surface area (TPSA) is 81.8 Å². The summed E-state index contributed by atoms with van der Waals surface area (Å²) in [5.41, 5.74) is 1.71. The van der Waals surface area contributed by atoms with Crippen LogP contribution in [0, 0.1) is 5.82 Å². The van der Waals surface area contributed by atoms with E-state index in [9.17, 15) is 14.0 Å². The molecule has 0 atom stereocenters. The number of benzene rings is 2. The van der Waals surface area contributed by atoms with E-state index in [0.29, 0.717) is 27.3 Å². The number of halogens is 2. The molecule has 0 bridgehead atoms. The Morgan fingerprint density at radius 2 is 1.97 bits per heavy atom. The van der Waals surface area contributed by atoms with E-state index in [1.165, 1.54) is 16.8 Å². The maximum Gasteiger partial charge on any atom is 0.293 e. The van der Waals surface area contributed by atoms with E-state index >= 15 is 0 Å². The lowest BCUT2D eigenvalue weighted by molar-refractivity contribution is -0.117. The smallest absolute Gasteiger partial charge is 0.293 e. The van der Waals surface area contributed by atoms with Crippen molar-refractivity contribution >= 4 is 34.1 Å². The van der Waals surface area contributed by atoms with Crippen LogP contribution in [-0.4, -0.2) is 25.5 Å². The van der Waals surface area contributed by atoms with Crippen LogP contribution >= 0.6 is 11.6 Å². The van der Waals surface area contributed by atoms with Gasteiger partial charge in [-0.05, 0) is 55.3 Å². The summed E-state index contributed by atoms with van der Waals surface area (Å²) in [5, 5.41) is 12.7. The minimum absolute atomic E-state index is 0.233. The molecule has 7 nitrogen and oxygen atoms in total. The number of anilines is 1. The monoisotopic (exact) mass is 437 g/mol. The van der Waals surface area contributed by atoms with E-state index in [1.807, 2.05) is 0 Å². The Morgan fingerprint density at radius 1 is 1.19 bits per heavy atom. The number of hydrogen-bond acceptors (Lipinski definition) is 4. The molecule has 1 N–H and O–H groups in total. The van der Waals surface area contributed by atoms with E-state index in [-0.39, 0.29) is 18.3 Å². The lowest BCUT2D eigenvalue weighted by Crippen LogP contribution is -2.31. The fourth-order valence-corrected chi connectivity index (χ4v) is 3.73. The average molecular weight is 438 g/mol. The minimum atomic E-state index is -0.442. The van der Waals surface area contributed by atoms with Crippen molar-refractivity contribution in [3.8, 4) is 5.69 Å². The van der Waals surface area contributed by atoms with Crippen molar-refractivity contribution in [2.24, 2.45) is 0 Å². The molecule has 2 aromatic heterocycles. The molecular weight excluding hydrogens is 421 g/mol. The molecule has 9 heteroatoms. The molecule has 5 rings (SSSR count). The summed E-state index contributed by atoms with van der Waals surface area (Å²) in [7, 11) is 0. The summed E-state index contributed by atoms with van der Waals surface area (Å²) in [6, 6.07) is 12.5. The first-order chi connectivity index (χ1) is 15.0. The molecule has 4 aromatic rings. The third-order valence-corrected chi connectivity index (χ3v) is 5.38. The minimum Gasteiger partial charge on any atom is -0.324 e. The second-order valence-corrected chi connectivity index (χ2v) is 7.91. The van der Waals surface area contributed by atoms with Gasteiger partial charge in [0.15, 0.2) is 0 Å². The van der Waals surface area contributed by atoms with Crippen molar-refractivity contribution < 1.29 is 9.18 Å². The number of nitrogens with one attached hydrogen (secondary N) is 1. The third-order valence-electron chi connectivity index (χ3n) is 5.15. The summed E-state index contributed by atoms with van der Waals surface area (Å²) >= 11 is 5.96. The highest BCUT2D eigenvalue weighted by Crippen LogP contribution is 2.41. The molecule has 1 aliphatic rings. The lowest BCUT2D eigenvalue weighted by Gasteiger charge is -2.11. The summed E-state index contributed by atoms with van der Waals surface area (Å²) in [6.07, 6.45) is 3.55. The zero-order valence-corrected chi connectivity index (χ0v) is 17.0. The first-order valence-electron chi connectivity index (χ1n) is 9.80. The molecule has 0 radical (unpaired) electrons. The molecule has 156 valence electrons. The normalized spacial score (nSPS) is 13.5. The summed E-state index contributed by atoms with van der Waals surface area (Å²) in [4.78, 5) is 25.8. The van der Waals surface area contributed by atoms with Crippen molar-refractivity contribution in [2.45, 2.75) is 25.3 Å². The number of nitrogens with zero attached hydrogens (tertiary/aromatic N) is 4. The van der Waals surface area contributed by atoms with Crippen LogP contribution in [0.3, 0.4) is 0 Å². The maximum atomic E-state index is 13.4. The molecule has 1 aliphatic carbocycles. The van der Waals surface area contributed by atoms with Crippen LogP contribution in [0.4, 0.5) is 10.1 Å². The van der Waals surface area contributed by atoms with E-state index < -0.39 is 11.5 Å². The third kappa shape index (κ3) is 3.82. The Morgan fingerprint density at radius 3 is 2.68 bits per heavy atom. The van der Waals surface area contributed by atoms with Crippen LogP contribution in [0.25, 0.3) is 16.6 Å². The van der Waals surface area contributed by atoms with Gasteiger partial charge in [-0.3, -0.25) is 9.59 Å². The number of carbonyl (C=O) groups excluding carboxylic acids is 1. The van der Waals surface area contributed by atoms with Crippen LogP contribution in [0.5, 0.6) is 0 Å². The molecule has 1 fully saturated rings. The van der Waals surface area contributed by atoms with E-state index in [1.54, 1.807) is 42.6 Å². The van der Waals surface area contributed by atoms with E-state index in [4.69, 9.17) is 11.6 Å². The van der Waals surface area contributed by atoms with Crippen molar-refractivity contribution in [1.82, 2.24) is 19.6 Å². The van der Waals surface area contributed by atoms with Gasteiger partial charge in [0.25, 0.3) is 5.56 Å². The Balaban J connectivity index is 1.56. The predicted octanol–water partition coefficient (Wildman–Crippen LogP) is 3.89. The number of fused-ring (bicyclic) bond motifs is 1. The van der Waals surface area contributed by atoms with Gasteiger partial charge >= 0.3 is 0 Å².